The van der Waals surface area contributed by atoms with Gasteiger partial charge in [0.15, 0.2) is 0 Å². The first-order chi connectivity index (χ1) is 16.5. The highest BCUT2D eigenvalue weighted by molar-refractivity contribution is 6.00. The van der Waals surface area contributed by atoms with Gasteiger partial charge in [-0.2, -0.15) is 5.26 Å². The minimum absolute atomic E-state index is 0.206. The van der Waals surface area contributed by atoms with Crippen molar-refractivity contribution in [3.63, 3.8) is 0 Å². The molecule has 10 nitrogen and oxygen atoms in total. The number of carbonyl (C=O) groups excluding carboxylic acids is 2. The summed E-state index contributed by atoms with van der Waals surface area (Å²) in [4.78, 5) is 36.0. The Bertz CT molecular complexity index is 757. The fourth-order valence-corrected chi connectivity index (χ4v) is 5.03. The van der Waals surface area contributed by atoms with Crippen LogP contribution in [0.4, 0.5) is 9.59 Å². The molecule has 3 rings (SSSR count). The van der Waals surface area contributed by atoms with E-state index in [4.69, 9.17) is 9.47 Å². The topological polar surface area (TPSA) is 110 Å². The van der Waals surface area contributed by atoms with Gasteiger partial charge in [-0.15, -0.1) is 4.99 Å². The zero-order chi connectivity index (χ0) is 24.4. The van der Waals surface area contributed by atoms with E-state index in [9.17, 15) is 14.9 Å². The van der Waals surface area contributed by atoms with Crippen LogP contribution in [0.15, 0.2) is 4.99 Å². The van der Waals surface area contributed by atoms with Crippen molar-refractivity contribution in [2.45, 2.75) is 64.3 Å². The molecule has 0 aromatic heterocycles. The standard InChI is InChI=1S/C24H40N6O4/c1-3-28-13-11-24(18-25,19-28)27-22(31)30(12-10-20-8-6-5-7-9-20)21(26-23(32)34-4-2)29-14-16-33-17-15-29/h20H,3-17,19H2,1-2H3,(H,27,31). The van der Waals surface area contributed by atoms with Crippen LogP contribution in [0, 0.1) is 17.2 Å². The second kappa shape index (κ2) is 12.9. The number of hydrogen-bond acceptors (Lipinski definition) is 6. The molecule has 2 heterocycles. The Morgan fingerprint density at radius 1 is 1.21 bits per heavy atom. The molecule has 1 unspecified atom stereocenters. The number of rotatable bonds is 6. The Morgan fingerprint density at radius 2 is 1.94 bits per heavy atom. The third-order valence-electron chi connectivity index (χ3n) is 7.08. The molecule has 1 aliphatic carbocycles. The lowest BCUT2D eigenvalue weighted by Crippen LogP contribution is -2.59. The molecule has 1 saturated carbocycles. The van der Waals surface area contributed by atoms with E-state index < -0.39 is 11.6 Å². The molecular formula is C24H40N6O4. The second-order valence-corrected chi connectivity index (χ2v) is 9.40. The first-order valence-electron chi connectivity index (χ1n) is 12.8. The van der Waals surface area contributed by atoms with Crippen LogP contribution in [0.3, 0.4) is 0 Å². The molecular weight excluding hydrogens is 436 g/mol. The molecule has 3 amide bonds. The molecule has 0 aromatic carbocycles. The van der Waals surface area contributed by atoms with Crippen molar-refractivity contribution >= 4 is 18.1 Å². The highest BCUT2D eigenvalue weighted by atomic mass is 16.5. The molecule has 1 N–H and O–H groups in total. The molecule has 2 saturated heterocycles. The number of nitrogens with one attached hydrogen (secondary N) is 1. The average molecular weight is 477 g/mol. The first kappa shape index (κ1) is 26.2. The van der Waals surface area contributed by atoms with E-state index in [0.717, 1.165) is 32.4 Å². The number of hydrogen-bond donors (Lipinski definition) is 1. The van der Waals surface area contributed by atoms with Crippen molar-refractivity contribution < 1.29 is 19.1 Å². The van der Waals surface area contributed by atoms with Crippen LogP contribution in [-0.2, 0) is 9.47 Å². The minimum Gasteiger partial charge on any atom is -0.448 e. The molecule has 0 spiro atoms. The van der Waals surface area contributed by atoms with Gasteiger partial charge < -0.3 is 24.6 Å². The summed E-state index contributed by atoms with van der Waals surface area (Å²) in [5, 5.41) is 13.0. The summed E-state index contributed by atoms with van der Waals surface area (Å²) in [6.45, 7) is 8.54. The van der Waals surface area contributed by atoms with Gasteiger partial charge in [-0.3, -0.25) is 4.90 Å². The van der Waals surface area contributed by atoms with Crippen molar-refractivity contribution in [2.75, 3.05) is 59.1 Å². The molecule has 0 bridgehead atoms. The van der Waals surface area contributed by atoms with Gasteiger partial charge >= 0.3 is 12.1 Å². The van der Waals surface area contributed by atoms with Crippen LogP contribution in [0.5, 0.6) is 0 Å². The minimum atomic E-state index is -0.948. The number of morpholine rings is 1. The number of carbonyl (C=O) groups is 2. The maximum Gasteiger partial charge on any atom is 0.436 e. The summed E-state index contributed by atoms with van der Waals surface area (Å²) in [7, 11) is 0. The number of likely N-dealkylation sites (tertiary alicyclic amines) is 1. The second-order valence-electron chi connectivity index (χ2n) is 9.40. The fraction of sp³-hybridized carbons (Fsp3) is 0.833. The van der Waals surface area contributed by atoms with E-state index in [0.29, 0.717) is 51.7 Å². The normalized spacial score (nSPS) is 24.5. The lowest BCUT2D eigenvalue weighted by Gasteiger charge is -2.37. The summed E-state index contributed by atoms with van der Waals surface area (Å²) in [5.74, 6) is 0.832. The van der Waals surface area contributed by atoms with Gasteiger partial charge in [0.2, 0.25) is 5.96 Å². The predicted octanol–water partition coefficient (Wildman–Crippen LogP) is 2.80. The van der Waals surface area contributed by atoms with E-state index in [2.05, 4.69) is 21.3 Å². The predicted molar refractivity (Wildman–Crippen MR) is 128 cm³/mol. The van der Waals surface area contributed by atoms with Crippen molar-refractivity contribution in [1.29, 1.82) is 5.26 Å². The van der Waals surface area contributed by atoms with E-state index in [-0.39, 0.29) is 18.6 Å². The largest absolute Gasteiger partial charge is 0.448 e. The summed E-state index contributed by atoms with van der Waals surface area (Å²) in [6, 6.07) is 1.96. The highest BCUT2D eigenvalue weighted by Gasteiger charge is 2.41. The van der Waals surface area contributed by atoms with Crippen LogP contribution in [0.1, 0.15) is 58.8 Å². The third-order valence-corrected chi connectivity index (χ3v) is 7.08. The average Bonchev–Trinajstić information content (AvgIpc) is 3.28. The maximum absolute atomic E-state index is 13.7. The molecule has 34 heavy (non-hydrogen) atoms. The van der Waals surface area contributed by atoms with Crippen LogP contribution in [0.25, 0.3) is 0 Å². The Hall–Kier alpha value is -2.38. The Balaban J connectivity index is 1.85. The summed E-state index contributed by atoms with van der Waals surface area (Å²) >= 11 is 0. The van der Waals surface area contributed by atoms with Crippen molar-refractivity contribution in [3.8, 4) is 6.07 Å². The summed E-state index contributed by atoms with van der Waals surface area (Å²) in [5.41, 5.74) is -0.948. The van der Waals surface area contributed by atoms with E-state index in [1.54, 1.807) is 11.8 Å². The number of guanidine groups is 1. The monoisotopic (exact) mass is 476 g/mol. The molecule has 3 aliphatic rings. The third kappa shape index (κ3) is 7.06. The van der Waals surface area contributed by atoms with E-state index in [1.165, 1.54) is 19.3 Å². The zero-order valence-electron chi connectivity index (χ0n) is 20.8. The van der Waals surface area contributed by atoms with Gasteiger partial charge in [0.1, 0.15) is 5.54 Å². The molecule has 10 heteroatoms. The Kier molecular flexibility index (Phi) is 9.96. The summed E-state index contributed by atoms with van der Waals surface area (Å²) in [6.07, 6.45) is 6.70. The number of amides is 3. The zero-order valence-corrected chi connectivity index (χ0v) is 20.8. The highest BCUT2D eigenvalue weighted by Crippen LogP contribution is 2.27. The number of ether oxygens (including phenoxy) is 2. The van der Waals surface area contributed by atoms with Gasteiger partial charge in [-0.25, -0.2) is 9.59 Å². The molecule has 3 fully saturated rings. The quantitative estimate of drug-likeness (QED) is 0.464. The number of nitrogens with zero attached hydrogens (tertiary/aromatic N) is 5. The molecule has 0 aromatic rings. The van der Waals surface area contributed by atoms with Crippen molar-refractivity contribution in [1.82, 2.24) is 20.0 Å². The number of urea groups is 1. The Labute approximate surface area is 203 Å². The van der Waals surface area contributed by atoms with Crippen LogP contribution >= 0.6 is 0 Å². The van der Waals surface area contributed by atoms with Gasteiger partial charge in [0.25, 0.3) is 0 Å². The number of aliphatic imine (C=N–C) groups is 1. The lowest BCUT2D eigenvalue weighted by atomic mass is 9.87. The van der Waals surface area contributed by atoms with Gasteiger partial charge in [0.05, 0.1) is 25.9 Å². The van der Waals surface area contributed by atoms with Gasteiger partial charge in [-0.1, -0.05) is 39.0 Å². The smallest absolute Gasteiger partial charge is 0.436 e. The number of nitriles is 1. The lowest BCUT2D eigenvalue weighted by molar-refractivity contribution is 0.0625. The van der Waals surface area contributed by atoms with Gasteiger partial charge in [0, 0.05) is 32.7 Å². The maximum atomic E-state index is 13.7. The molecule has 190 valence electrons. The fourth-order valence-electron chi connectivity index (χ4n) is 5.03. The van der Waals surface area contributed by atoms with Crippen LogP contribution < -0.4 is 5.32 Å². The van der Waals surface area contributed by atoms with E-state index >= 15 is 0 Å². The molecule has 2 aliphatic heterocycles. The SMILES string of the molecule is CCOC(=O)N=C(N1CCOCC1)N(CCC1CCCCC1)C(=O)NC1(C#N)CCN(CC)C1. The van der Waals surface area contributed by atoms with Crippen LogP contribution in [-0.4, -0.2) is 97.4 Å². The molecule has 0 radical (unpaired) electrons. The van der Waals surface area contributed by atoms with Crippen molar-refractivity contribution in [2.24, 2.45) is 10.9 Å². The molecule has 1 atom stereocenters. The summed E-state index contributed by atoms with van der Waals surface area (Å²) < 4.78 is 10.6. The van der Waals surface area contributed by atoms with Gasteiger partial charge in [-0.05, 0) is 32.2 Å². The van der Waals surface area contributed by atoms with Crippen LogP contribution in [0.2, 0.25) is 0 Å². The number of likely N-dealkylation sites (N-methyl/N-ethyl adjacent to an activating group) is 1. The first-order valence-corrected chi connectivity index (χ1v) is 12.8. The van der Waals surface area contributed by atoms with Crippen molar-refractivity contribution in [3.05, 3.63) is 0 Å². The van der Waals surface area contributed by atoms with E-state index in [1.807, 2.05) is 11.8 Å². The Morgan fingerprint density at radius 3 is 2.56 bits per heavy atom.